The van der Waals surface area contributed by atoms with Crippen LogP contribution in [-0.4, -0.2) is 54.3 Å². The summed E-state index contributed by atoms with van der Waals surface area (Å²) in [6.07, 6.45) is 5.85. The molecule has 3 aliphatic heterocycles. The summed E-state index contributed by atoms with van der Waals surface area (Å²) >= 11 is 2.31. The van der Waals surface area contributed by atoms with Crippen LogP contribution in [0.15, 0.2) is 18.3 Å². The Morgan fingerprint density at radius 2 is 1.90 bits per heavy atom. The maximum Gasteiger partial charge on any atom is 0.128 e. The molecule has 0 spiro atoms. The number of pyridine rings is 1. The van der Waals surface area contributed by atoms with Crippen LogP contribution in [-0.2, 0) is 4.74 Å². The van der Waals surface area contributed by atoms with Crippen LogP contribution in [0, 0.1) is 3.57 Å². The second kappa shape index (κ2) is 5.42. The predicted octanol–water partition coefficient (Wildman–Crippen LogP) is 2.13. The minimum absolute atomic E-state index is 0.666. The Morgan fingerprint density at radius 3 is 2.50 bits per heavy atom. The Bertz CT molecular complexity index is 461. The molecular formula is C15H20IN3O. The van der Waals surface area contributed by atoms with Crippen molar-refractivity contribution in [3.8, 4) is 0 Å². The number of aromatic nitrogens is 1. The lowest BCUT2D eigenvalue weighted by atomic mass is 10.1. The van der Waals surface area contributed by atoms with Crippen LogP contribution >= 0.6 is 22.6 Å². The van der Waals surface area contributed by atoms with Gasteiger partial charge in [0, 0.05) is 47.6 Å². The van der Waals surface area contributed by atoms with Crippen LogP contribution in [0.4, 0.5) is 5.82 Å². The van der Waals surface area contributed by atoms with Gasteiger partial charge < -0.3 is 9.64 Å². The molecule has 1 aromatic heterocycles. The summed E-state index contributed by atoms with van der Waals surface area (Å²) in [4.78, 5) is 9.83. The maximum atomic E-state index is 5.59. The molecule has 0 amide bonds. The van der Waals surface area contributed by atoms with Gasteiger partial charge in [-0.3, -0.25) is 4.90 Å². The SMILES string of the molecule is Ic1ccc(N2CC3CCC(C2)N3[C@H]2CCOC2)nc1. The minimum atomic E-state index is 0.666. The normalized spacial score (nSPS) is 33.9. The second-order valence-corrected chi connectivity index (χ2v) is 7.33. The van der Waals surface area contributed by atoms with Gasteiger partial charge in [0.05, 0.1) is 6.61 Å². The van der Waals surface area contributed by atoms with Crippen molar-refractivity contribution in [1.29, 1.82) is 0 Å². The average Bonchev–Trinajstić information content (AvgIpc) is 3.05. The number of piperazine rings is 1. The van der Waals surface area contributed by atoms with E-state index < -0.39 is 0 Å². The first-order chi connectivity index (χ1) is 9.81. The van der Waals surface area contributed by atoms with Crippen molar-refractivity contribution in [2.24, 2.45) is 0 Å². The Morgan fingerprint density at radius 1 is 1.10 bits per heavy atom. The molecule has 3 atom stereocenters. The number of nitrogens with zero attached hydrogens (tertiary/aromatic N) is 3. The zero-order valence-electron chi connectivity index (χ0n) is 11.5. The highest BCUT2D eigenvalue weighted by molar-refractivity contribution is 14.1. The van der Waals surface area contributed by atoms with Crippen LogP contribution < -0.4 is 4.90 Å². The highest BCUT2D eigenvalue weighted by Crippen LogP contribution is 2.35. The summed E-state index contributed by atoms with van der Waals surface area (Å²) in [7, 11) is 0. The molecule has 20 heavy (non-hydrogen) atoms. The van der Waals surface area contributed by atoms with Crippen LogP contribution in [0.2, 0.25) is 0 Å². The highest BCUT2D eigenvalue weighted by atomic mass is 127. The summed E-state index contributed by atoms with van der Waals surface area (Å²) < 4.78 is 6.80. The summed E-state index contributed by atoms with van der Waals surface area (Å²) in [5.74, 6) is 1.14. The molecule has 4 rings (SSSR count). The smallest absolute Gasteiger partial charge is 0.128 e. The van der Waals surface area contributed by atoms with Gasteiger partial charge in [0.25, 0.3) is 0 Å². The number of hydrogen-bond acceptors (Lipinski definition) is 4. The lowest BCUT2D eigenvalue weighted by Crippen LogP contribution is -2.57. The number of ether oxygens (including phenoxy) is 1. The molecule has 0 aliphatic carbocycles. The van der Waals surface area contributed by atoms with Gasteiger partial charge in [-0.25, -0.2) is 4.98 Å². The van der Waals surface area contributed by atoms with E-state index in [1.165, 1.54) is 22.8 Å². The van der Waals surface area contributed by atoms with Crippen molar-refractivity contribution >= 4 is 28.4 Å². The van der Waals surface area contributed by atoms with Crippen molar-refractivity contribution in [2.75, 3.05) is 31.2 Å². The van der Waals surface area contributed by atoms with Gasteiger partial charge in [0.1, 0.15) is 5.82 Å². The highest BCUT2D eigenvalue weighted by Gasteiger charge is 2.44. The largest absolute Gasteiger partial charge is 0.380 e. The summed E-state index contributed by atoms with van der Waals surface area (Å²) in [6.45, 7) is 4.14. The summed E-state index contributed by atoms with van der Waals surface area (Å²) in [5.41, 5.74) is 0. The summed E-state index contributed by atoms with van der Waals surface area (Å²) in [5, 5.41) is 0. The quantitative estimate of drug-likeness (QED) is 0.730. The third-order valence-electron chi connectivity index (χ3n) is 4.90. The predicted molar refractivity (Wildman–Crippen MR) is 87.0 cm³/mol. The van der Waals surface area contributed by atoms with Crippen LogP contribution in [0.5, 0.6) is 0 Å². The number of fused-ring (bicyclic) bond motifs is 2. The first-order valence-corrected chi connectivity index (χ1v) is 8.61. The van der Waals surface area contributed by atoms with E-state index in [0.29, 0.717) is 18.1 Å². The van der Waals surface area contributed by atoms with E-state index in [1.807, 2.05) is 6.20 Å². The fourth-order valence-corrected chi connectivity index (χ4v) is 4.35. The van der Waals surface area contributed by atoms with E-state index in [0.717, 1.165) is 32.1 Å². The van der Waals surface area contributed by atoms with E-state index in [4.69, 9.17) is 4.74 Å². The van der Waals surface area contributed by atoms with E-state index >= 15 is 0 Å². The summed E-state index contributed by atoms with van der Waals surface area (Å²) in [6, 6.07) is 6.37. The first-order valence-electron chi connectivity index (χ1n) is 7.53. The van der Waals surface area contributed by atoms with Crippen molar-refractivity contribution in [2.45, 2.75) is 37.4 Å². The van der Waals surface area contributed by atoms with E-state index in [1.54, 1.807) is 0 Å². The Kier molecular flexibility index (Phi) is 3.60. The zero-order valence-corrected chi connectivity index (χ0v) is 13.7. The van der Waals surface area contributed by atoms with Crippen molar-refractivity contribution in [1.82, 2.24) is 9.88 Å². The molecule has 3 fully saturated rings. The minimum Gasteiger partial charge on any atom is -0.380 e. The van der Waals surface area contributed by atoms with Crippen molar-refractivity contribution < 1.29 is 4.74 Å². The average molecular weight is 385 g/mol. The number of hydrogen-bond donors (Lipinski definition) is 0. The fourth-order valence-electron chi connectivity index (χ4n) is 4.03. The molecular weight excluding hydrogens is 365 g/mol. The van der Waals surface area contributed by atoms with Crippen molar-refractivity contribution in [3.05, 3.63) is 21.9 Å². The molecule has 108 valence electrons. The number of anilines is 1. The van der Waals surface area contributed by atoms with E-state index in [-0.39, 0.29) is 0 Å². The van der Waals surface area contributed by atoms with Gasteiger partial charge in [0.2, 0.25) is 0 Å². The van der Waals surface area contributed by atoms with Gasteiger partial charge >= 0.3 is 0 Å². The van der Waals surface area contributed by atoms with Crippen molar-refractivity contribution in [3.63, 3.8) is 0 Å². The van der Waals surface area contributed by atoms with Gasteiger partial charge in [-0.1, -0.05) is 0 Å². The lowest BCUT2D eigenvalue weighted by Gasteiger charge is -2.44. The molecule has 0 aromatic carbocycles. The Labute approximate surface area is 133 Å². The molecule has 3 aliphatic rings. The van der Waals surface area contributed by atoms with Gasteiger partial charge in [-0.05, 0) is 54.0 Å². The number of rotatable bonds is 2. The third kappa shape index (κ3) is 2.33. The molecule has 5 heteroatoms. The molecule has 3 saturated heterocycles. The first kappa shape index (κ1) is 13.3. The van der Waals surface area contributed by atoms with Gasteiger partial charge in [-0.2, -0.15) is 0 Å². The van der Waals surface area contributed by atoms with Gasteiger partial charge in [-0.15, -0.1) is 0 Å². The Balaban J connectivity index is 1.51. The molecule has 0 saturated carbocycles. The second-order valence-electron chi connectivity index (χ2n) is 6.09. The molecule has 4 heterocycles. The molecule has 1 aromatic rings. The standard InChI is InChI=1S/C15H20IN3O/c16-11-1-4-15(17-7-11)18-8-12-2-3-13(9-18)19(12)14-5-6-20-10-14/h1,4,7,12-14H,2-3,5-6,8-10H2/t12?,13?,14-/m0/s1. The van der Waals surface area contributed by atoms with E-state index in [9.17, 15) is 0 Å². The lowest BCUT2D eigenvalue weighted by molar-refractivity contribution is 0.0918. The Hall–Kier alpha value is -0.400. The van der Waals surface area contributed by atoms with Crippen LogP contribution in [0.25, 0.3) is 0 Å². The van der Waals surface area contributed by atoms with Crippen LogP contribution in [0.1, 0.15) is 19.3 Å². The van der Waals surface area contributed by atoms with Gasteiger partial charge in [0.15, 0.2) is 0 Å². The van der Waals surface area contributed by atoms with Crippen LogP contribution in [0.3, 0.4) is 0 Å². The molecule has 2 bridgehead atoms. The monoisotopic (exact) mass is 385 g/mol. The molecule has 4 nitrogen and oxygen atoms in total. The topological polar surface area (TPSA) is 28.6 Å². The molecule has 0 N–H and O–H groups in total. The third-order valence-corrected chi connectivity index (χ3v) is 5.54. The fraction of sp³-hybridized carbons (Fsp3) is 0.667. The number of halogens is 1. The maximum absolute atomic E-state index is 5.59. The zero-order chi connectivity index (χ0) is 13.5. The molecule has 0 radical (unpaired) electrons. The molecule has 2 unspecified atom stereocenters. The van der Waals surface area contributed by atoms with E-state index in [2.05, 4.69) is 49.5 Å².